The van der Waals surface area contributed by atoms with E-state index < -0.39 is 75.3 Å². The Hall–Kier alpha value is -1.85. The van der Waals surface area contributed by atoms with Crippen molar-refractivity contribution in [2.24, 2.45) is 5.92 Å². The Kier molecular flexibility index (Phi) is 5.54. The van der Waals surface area contributed by atoms with Crippen LogP contribution in [0.1, 0.15) is 24.0 Å². The highest BCUT2D eigenvalue weighted by molar-refractivity contribution is 7.91. The van der Waals surface area contributed by atoms with Gasteiger partial charge in [0.15, 0.2) is 33.1 Å². The quantitative estimate of drug-likeness (QED) is 0.437. The van der Waals surface area contributed by atoms with Crippen LogP contribution in [0.25, 0.3) is 0 Å². The van der Waals surface area contributed by atoms with E-state index in [-0.39, 0.29) is 17.9 Å². The van der Waals surface area contributed by atoms with Crippen LogP contribution in [0.5, 0.6) is 0 Å². The number of hydrogen-bond acceptors (Lipinski definition) is 4. The summed E-state index contributed by atoms with van der Waals surface area (Å²) >= 11 is 0. The summed E-state index contributed by atoms with van der Waals surface area (Å²) in [4.78, 5) is 11.6. The molecule has 2 rings (SSSR count). The standard InChI is InChI=1S/C14H11F7O4S/c15-10-7(11(16)13(18)9(12(10)17)14(19,20)21)4-25-8(22)3-6-1-2-26(23,24)5-6/h6H,1-5H2/t6-/m1/s1. The summed E-state index contributed by atoms with van der Waals surface area (Å²) in [6.07, 6.45) is -5.92. The number of halogens is 7. The third-order valence-electron chi connectivity index (χ3n) is 3.80. The molecule has 1 saturated heterocycles. The van der Waals surface area contributed by atoms with Crippen molar-refractivity contribution in [1.82, 2.24) is 0 Å². The predicted molar refractivity (Wildman–Crippen MR) is 72.4 cm³/mol. The largest absolute Gasteiger partial charge is 0.461 e. The fourth-order valence-corrected chi connectivity index (χ4v) is 4.39. The van der Waals surface area contributed by atoms with Crippen LogP contribution in [-0.2, 0) is 32.2 Å². The number of benzene rings is 1. The molecule has 0 aliphatic carbocycles. The molecule has 1 fully saturated rings. The van der Waals surface area contributed by atoms with Crippen molar-refractivity contribution in [2.75, 3.05) is 11.5 Å². The molecule has 1 atom stereocenters. The van der Waals surface area contributed by atoms with Gasteiger partial charge < -0.3 is 4.74 Å². The Bertz CT molecular complexity index is 804. The van der Waals surface area contributed by atoms with E-state index in [0.29, 0.717) is 0 Å². The summed E-state index contributed by atoms with van der Waals surface area (Å²) in [6.45, 7) is -1.35. The van der Waals surface area contributed by atoms with E-state index >= 15 is 0 Å². The van der Waals surface area contributed by atoms with Gasteiger partial charge in [-0.15, -0.1) is 0 Å². The lowest BCUT2D eigenvalue weighted by Crippen LogP contribution is -2.19. The fraction of sp³-hybridized carbons (Fsp3) is 0.500. The van der Waals surface area contributed by atoms with Crippen LogP contribution >= 0.6 is 0 Å². The molecular formula is C14H11F7O4S. The molecule has 0 unspecified atom stereocenters. The molecule has 0 N–H and O–H groups in total. The number of ether oxygens (including phenoxy) is 1. The van der Waals surface area contributed by atoms with E-state index in [1.165, 1.54) is 0 Å². The predicted octanol–water partition coefficient (Wildman–Crippen LogP) is 3.13. The maximum absolute atomic E-state index is 13.6. The van der Waals surface area contributed by atoms with Gasteiger partial charge in [-0.2, -0.15) is 13.2 Å². The highest BCUT2D eigenvalue weighted by Gasteiger charge is 2.42. The van der Waals surface area contributed by atoms with E-state index in [9.17, 15) is 43.9 Å². The molecule has 1 aliphatic rings. The highest BCUT2D eigenvalue weighted by Crippen LogP contribution is 2.37. The van der Waals surface area contributed by atoms with E-state index in [1.807, 2.05) is 0 Å². The average Bonchev–Trinajstić information content (AvgIpc) is 2.82. The molecule has 146 valence electrons. The zero-order valence-corrected chi connectivity index (χ0v) is 13.6. The van der Waals surface area contributed by atoms with E-state index in [2.05, 4.69) is 4.74 Å². The smallest absolute Gasteiger partial charge is 0.422 e. The topological polar surface area (TPSA) is 60.4 Å². The summed E-state index contributed by atoms with van der Waals surface area (Å²) < 4.78 is 118. The number of esters is 1. The second-order valence-corrected chi connectivity index (χ2v) is 7.97. The minimum Gasteiger partial charge on any atom is -0.461 e. The van der Waals surface area contributed by atoms with E-state index in [1.54, 1.807) is 0 Å². The number of rotatable bonds is 4. The first kappa shape index (κ1) is 20.5. The van der Waals surface area contributed by atoms with Crippen molar-refractivity contribution < 1.29 is 48.7 Å². The number of hydrogen-bond donors (Lipinski definition) is 0. The molecule has 1 aromatic rings. The molecule has 0 spiro atoms. The Morgan fingerprint density at radius 3 is 2.00 bits per heavy atom. The van der Waals surface area contributed by atoms with Crippen LogP contribution in [0.4, 0.5) is 30.7 Å². The summed E-state index contributed by atoms with van der Waals surface area (Å²) in [6, 6.07) is 0. The van der Waals surface area contributed by atoms with Gasteiger partial charge in [-0.25, -0.2) is 26.0 Å². The maximum atomic E-state index is 13.6. The maximum Gasteiger partial charge on any atom is 0.422 e. The molecule has 0 radical (unpaired) electrons. The van der Waals surface area contributed by atoms with Crippen LogP contribution in [0, 0.1) is 29.2 Å². The van der Waals surface area contributed by atoms with Gasteiger partial charge in [0.05, 0.1) is 17.1 Å². The third kappa shape index (κ3) is 4.27. The lowest BCUT2D eigenvalue weighted by atomic mass is 10.1. The van der Waals surface area contributed by atoms with Crippen LogP contribution in [0.2, 0.25) is 0 Å². The Balaban J connectivity index is 2.14. The molecule has 0 aromatic heterocycles. The normalized spacial score (nSPS) is 19.6. The fourth-order valence-electron chi connectivity index (χ4n) is 2.53. The SMILES string of the molecule is O=C(C[C@H]1CCS(=O)(=O)C1)OCc1c(F)c(F)c(C(F)(F)F)c(F)c1F. The summed E-state index contributed by atoms with van der Waals surface area (Å²) in [7, 11) is -3.29. The number of carbonyl (C=O) groups excluding carboxylic acids is 1. The first-order valence-electron chi connectivity index (χ1n) is 7.11. The zero-order valence-electron chi connectivity index (χ0n) is 12.8. The number of carbonyl (C=O) groups is 1. The second-order valence-electron chi connectivity index (χ2n) is 5.74. The van der Waals surface area contributed by atoms with Gasteiger partial charge in [-0.1, -0.05) is 0 Å². The Morgan fingerprint density at radius 2 is 1.58 bits per heavy atom. The van der Waals surface area contributed by atoms with Gasteiger partial charge in [-0.3, -0.25) is 4.79 Å². The van der Waals surface area contributed by atoms with Gasteiger partial charge in [0.2, 0.25) is 0 Å². The zero-order chi connectivity index (χ0) is 19.9. The molecular weight excluding hydrogens is 397 g/mol. The van der Waals surface area contributed by atoms with Crippen molar-refractivity contribution in [2.45, 2.75) is 25.6 Å². The summed E-state index contributed by atoms with van der Waals surface area (Å²) in [5, 5.41) is 0. The monoisotopic (exact) mass is 408 g/mol. The second kappa shape index (κ2) is 7.05. The molecule has 12 heteroatoms. The molecule has 0 saturated carbocycles. The molecule has 1 aromatic carbocycles. The lowest BCUT2D eigenvalue weighted by molar-refractivity contribution is -0.147. The first-order valence-corrected chi connectivity index (χ1v) is 8.93. The lowest BCUT2D eigenvalue weighted by Gasteiger charge is -2.14. The van der Waals surface area contributed by atoms with Gasteiger partial charge in [0.1, 0.15) is 12.2 Å². The molecule has 0 amide bonds. The van der Waals surface area contributed by atoms with Crippen molar-refractivity contribution in [3.63, 3.8) is 0 Å². The minimum atomic E-state index is -5.67. The van der Waals surface area contributed by atoms with Crippen molar-refractivity contribution >= 4 is 15.8 Å². The van der Waals surface area contributed by atoms with Crippen molar-refractivity contribution in [1.29, 1.82) is 0 Å². The first-order chi connectivity index (χ1) is 11.8. The van der Waals surface area contributed by atoms with Crippen molar-refractivity contribution in [3.8, 4) is 0 Å². The molecule has 4 nitrogen and oxygen atoms in total. The third-order valence-corrected chi connectivity index (χ3v) is 5.63. The van der Waals surface area contributed by atoms with Crippen molar-refractivity contribution in [3.05, 3.63) is 34.4 Å². The van der Waals surface area contributed by atoms with E-state index in [0.717, 1.165) is 0 Å². The Labute approximate surface area is 142 Å². The van der Waals surface area contributed by atoms with E-state index in [4.69, 9.17) is 0 Å². The van der Waals surface area contributed by atoms with Crippen LogP contribution in [0.15, 0.2) is 0 Å². The summed E-state index contributed by atoms with van der Waals surface area (Å²) in [5.74, 6) is -12.1. The van der Waals surface area contributed by atoms with Gasteiger partial charge in [-0.05, 0) is 12.3 Å². The van der Waals surface area contributed by atoms with Gasteiger partial charge >= 0.3 is 12.1 Å². The molecule has 1 aliphatic heterocycles. The number of sulfone groups is 1. The minimum absolute atomic E-state index is 0.135. The van der Waals surface area contributed by atoms with Crippen LogP contribution in [0.3, 0.4) is 0 Å². The number of alkyl halides is 3. The Morgan fingerprint density at radius 1 is 1.04 bits per heavy atom. The van der Waals surface area contributed by atoms with Gasteiger partial charge in [0.25, 0.3) is 0 Å². The van der Waals surface area contributed by atoms with Crippen LogP contribution in [-0.4, -0.2) is 25.9 Å². The average molecular weight is 408 g/mol. The summed E-state index contributed by atoms with van der Waals surface area (Å²) in [5.41, 5.74) is -4.24. The molecule has 26 heavy (non-hydrogen) atoms. The highest BCUT2D eigenvalue weighted by atomic mass is 32.2. The van der Waals surface area contributed by atoms with Crippen LogP contribution < -0.4 is 0 Å². The van der Waals surface area contributed by atoms with Gasteiger partial charge in [0, 0.05) is 6.42 Å². The molecule has 0 bridgehead atoms. The molecule has 1 heterocycles.